The number of carbonyl (C=O) groups is 2. The van der Waals surface area contributed by atoms with Crippen LogP contribution in [0, 0.1) is 11.8 Å². The number of aliphatic hydroxyl groups is 2. The summed E-state index contributed by atoms with van der Waals surface area (Å²) in [6, 6.07) is 0. The van der Waals surface area contributed by atoms with Crippen LogP contribution in [0.3, 0.4) is 0 Å². The summed E-state index contributed by atoms with van der Waals surface area (Å²) in [5.41, 5.74) is 15.2. The van der Waals surface area contributed by atoms with Gasteiger partial charge >= 0.3 is 5.97 Å². The van der Waals surface area contributed by atoms with Gasteiger partial charge in [-0.2, -0.15) is 0 Å². The number of aliphatic hydroxyl groups excluding tert-OH is 2. The smallest absolute Gasteiger partial charge is 0.306 e. The number of nitrogens with one attached hydrogen (secondary N) is 1. The largest absolute Gasteiger partial charge is 0.515 e. The Morgan fingerprint density at radius 1 is 0.949 bits per heavy atom. The summed E-state index contributed by atoms with van der Waals surface area (Å²) in [6.07, 6.45) is 19.9. The molecule has 0 unspecified atom stereocenters. The fraction of sp³-hybridized carbons (Fsp3) is 0.460. The molecule has 3 atom stereocenters. The summed E-state index contributed by atoms with van der Waals surface area (Å²) in [4.78, 5) is 42.4. The molecular formula is C50H62N4O5. The van der Waals surface area contributed by atoms with E-state index in [1.54, 1.807) is 6.92 Å². The molecule has 2 fully saturated rings. The van der Waals surface area contributed by atoms with E-state index in [1.807, 2.05) is 38.2 Å². The van der Waals surface area contributed by atoms with Crippen molar-refractivity contribution in [3.05, 3.63) is 127 Å². The first-order valence-corrected chi connectivity index (χ1v) is 21.5. The minimum Gasteiger partial charge on any atom is -0.515 e. The maximum atomic E-state index is 13.9. The van der Waals surface area contributed by atoms with E-state index in [0.717, 1.165) is 72.1 Å². The molecule has 6 rings (SSSR count). The van der Waals surface area contributed by atoms with Crippen molar-refractivity contribution < 1.29 is 24.5 Å². The van der Waals surface area contributed by atoms with Gasteiger partial charge < -0.3 is 20.3 Å². The Balaban J connectivity index is 1.31. The summed E-state index contributed by atoms with van der Waals surface area (Å²) in [6.45, 7) is 18.7. The number of aliphatic imine (C=N–C) groups is 3. The van der Waals surface area contributed by atoms with Gasteiger partial charge in [-0.1, -0.05) is 56.1 Å². The fourth-order valence-corrected chi connectivity index (χ4v) is 8.94. The zero-order valence-corrected chi connectivity index (χ0v) is 36.5. The average molecular weight is 799 g/mol. The molecule has 0 aromatic rings. The van der Waals surface area contributed by atoms with Crippen molar-refractivity contribution in [1.29, 1.82) is 0 Å². The minimum absolute atomic E-state index is 0.0385. The molecule has 1 saturated carbocycles. The highest BCUT2D eigenvalue weighted by atomic mass is 16.5. The lowest BCUT2D eigenvalue weighted by atomic mass is 9.86. The van der Waals surface area contributed by atoms with Gasteiger partial charge in [0, 0.05) is 58.4 Å². The zero-order chi connectivity index (χ0) is 42.5. The number of allylic oxidation sites excluding steroid dienone is 16. The van der Waals surface area contributed by atoms with Crippen molar-refractivity contribution in [2.75, 3.05) is 6.61 Å². The number of hydrogen-bond acceptors (Lipinski definition) is 9. The Morgan fingerprint density at radius 3 is 2.36 bits per heavy atom. The predicted octanol–water partition coefficient (Wildman–Crippen LogP) is 10.7. The second-order valence-corrected chi connectivity index (χ2v) is 16.9. The van der Waals surface area contributed by atoms with Crippen LogP contribution in [0.1, 0.15) is 127 Å². The average Bonchev–Trinajstić information content (AvgIpc) is 3.95. The number of esters is 1. The first kappa shape index (κ1) is 43.4. The van der Waals surface area contributed by atoms with Crippen LogP contribution in [0.2, 0.25) is 0 Å². The standard InChI is InChI=1S/C50H62N4O5/c1-10-14-36-38(27-55)43-26-44-47(33(9)56)32(8)40(51-44)24-39-31(7)35(19-20-46(58)59-22-21-30(6)18-13-17-29(5)16-12-15-28(3)4)49(53-39)37-23-45(57)48-34(11-2)41(54-50(37)48)25-42(36)52-43/h15,17,21,24-27,31,33,35,53,55-56H,10-14,16,18-20,22-23H2,1-9H3/b29-17+,30-21+,38-27+,39-24?,41-25?,44-26?,49-37?/t31-,33+,35-/m0/s1. The van der Waals surface area contributed by atoms with E-state index in [2.05, 4.69) is 59.0 Å². The Hall–Kier alpha value is -5.15. The highest BCUT2D eigenvalue weighted by Gasteiger charge is 2.43. The van der Waals surface area contributed by atoms with E-state index in [-0.39, 0.29) is 43.0 Å². The van der Waals surface area contributed by atoms with E-state index < -0.39 is 6.10 Å². The van der Waals surface area contributed by atoms with E-state index in [4.69, 9.17) is 19.7 Å². The molecule has 312 valence electrons. The molecule has 6 aliphatic rings. The fourth-order valence-electron chi connectivity index (χ4n) is 8.94. The second kappa shape index (κ2) is 18.8. The molecule has 0 aromatic heterocycles. The molecule has 1 saturated heterocycles. The molecule has 0 amide bonds. The van der Waals surface area contributed by atoms with Crippen LogP contribution in [0.5, 0.6) is 0 Å². The third kappa shape index (κ3) is 9.36. The summed E-state index contributed by atoms with van der Waals surface area (Å²) in [5.74, 6) is -0.365. The van der Waals surface area contributed by atoms with E-state index in [9.17, 15) is 19.8 Å². The number of rotatable bonds is 15. The lowest BCUT2D eigenvalue weighted by Gasteiger charge is -2.17. The minimum atomic E-state index is -0.796. The molecule has 5 heterocycles. The number of fused-ring (bicyclic) bond motifs is 5. The van der Waals surface area contributed by atoms with Crippen LogP contribution in [0.4, 0.5) is 0 Å². The van der Waals surface area contributed by atoms with Crippen LogP contribution < -0.4 is 5.32 Å². The highest BCUT2D eigenvalue weighted by molar-refractivity contribution is 6.38. The maximum Gasteiger partial charge on any atom is 0.306 e. The molecule has 9 nitrogen and oxygen atoms in total. The van der Waals surface area contributed by atoms with Gasteiger partial charge in [0.05, 0.1) is 46.6 Å². The molecule has 3 N–H and O–H groups in total. The van der Waals surface area contributed by atoms with Gasteiger partial charge in [-0.15, -0.1) is 0 Å². The zero-order valence-electron chi connectivity index (χ0n) is 36.5. The third-order valence-electron chi connectivity index (χ3n) is 12.2. The van der Waals surface area contributed by atoms with Crippen molar-refractivity contribution >= 4 is 28.9 Å². The van der Waals surface area contributed by atoms with Gasteiger partial charge in [0.15, 0.2) is 5.78 Å². The number of ether oxygens (including phenoxy) is 1. The van der Waals surface area contributed by atoms with Gasteiger partial charge in [0.25, 0.3) is 0 Å². The number of carbonyl (C=O) groups excluding carboxylic acids is 2. The lowest BCUT2D eigenvalue weighted by molar-refractivity contribution is -0.142. The number of hydrogen-bond donors (Lipinski definition) is 3. The maximum absolute atomic E-state index is 13.9. The summed E-state index contributed by atoms with van der Waals surface area (Å²) in [5, 5.41) is 25.3. The van der Waals surface area contributed by atoms with Gasteiger partial charge in [-0.3, -0.25) is 9.59 Å². The Labute approximate surface area is 350 Å². The number of Topliss-reactive ketones (excluding diaryl/α,β-unsaturated/α-hetero) is 1. The van der Waals surface area contributed by atoms with Crippen molar-refractivity contribution in [2.24, 2.45) is 26.8 Å². The van der Waals surface area contributed by atoms with Gasteiger partial charge in [0.2, 0.25) is 0 Å². The lowest BCUT2D eigenvalue weighted by Crippen LogP contribution is -2.15. The predicted molar refractivity (Wildman–Crippen MR) is 239 cm³/mol. The molecule has 0 aromatic carbocycles. The van der Waals surface area contributed by atoms with Crippen LogP contribution in [0.25, 0.3) is 0 Å². The molecule has 59 heavy (non-hydrogen) atoms. The highest BCUT2D eigenvalue weighted by Crippen LogP contribution is 2.46. The van der Waals surface area contributed by atoms with Crippen molar-refractivity contribution in [3.63, 3.8) is 0 Å². The van der Waals surface area contributed by atoms with E-state index in [0.29, 0.717) is 70.2 Å². The summed E-state index contributed by atoms with van der Waals surface area (Å²) >= 11 is 0. The van der Waals surface area contributed by atoms with E-state index in [1.165, 1.54) is 16.7 Å². The molecule has 5 aliphatic heterocycles. The second-order valence-electron chi connectivity index (χ2n) is 16.9. The monoisotopic (exact) mass is 798 g/mol. The Morgan fingerprint density at radius 2 is 1.68 bits per heavy atom. The van der Waals surface area contributed by atoms with Gasteiger partial charge in [-0.25, -0.2) is 15.0 Å². The normalized spacial score (nSPS) is 22.8. The van der Waals surface area contributed by atoms with Crippen LogP contribution in [0.15, 0.2) is 142 Å². The number of ketones is 1. The van der Waals surface area contributed by atoms with Crippen molar-refractivity contribution in [1.82, 2.24) is 5.32 Å². The quantitative estimate of drug-likeness (QED) is 0.0858. The Kier molecular flexibility index (Phi) is 13.9. The van der Waals surface area contributed by atoms with E-state index >= 15 is 0 Å². The molecule has 0 radical (unpaired) electrons. The van der Waals surface area contributed by atoms with Crippen LogP contribution in [-0.4, -0.2) is 51.8 Å². The third-order valence-corrected chi connectivity index (χ3v) is 12.2. The molecule has 1 aliphatic carbocycles. The first-order valence-electron chi connectivity index (χ1n) is 21.5. The summed E-state index contributed by atoms with van der Waals surface area (Å²) < 4.78 is 5.74. The Bertz CT molecular complexity index is 2250. The van der Waals surface area contributed by atoms with Gasteiger partial charge in [0.1, 0.15) is 6.61 Å². The van der Waals surface area contributed by atoms with Crippen LogP contribution in [-0.2, 0) is 14.3 Å². The number of nitrogens with zero attached hydrogens (tertiary/aromatic N) is 3. The molecule has 8 bridgehead atoms. The topological polar surface area (TPSA) is 133 Å². The molecule has 9 heteroatoms. The van der Waals surface area contributed by atoms with Crippen molar-refractivity contribution in [2.45, 2.75) is 133 Å². The van der Waals surface area contributed by atoms with Crippen LogP contribution >= 0.6 is 0 Å². The molecule has 0 spiro atoms. The summed E-state index contributed by atoms with van der Waals surface area (Å²) in [7, 11) is 0. The van der Waals surface area contributed by atoms with Gasteiger partial charge in [-0.05, 0) is 128 Å². The van der Waals surface area contributed by atoms with Crippen molar-refractivity contribution in [3.8, 4) is 0 Å². The first-order chi connectivity index (χ1) is 28.3. The molecular weight excluding hydrogens is 737 g/mol. The SMILES string of the molecule is CCCC1=C2C=C3N=C4C(=C5NC(=CC6=NC(=CC(=N2)/C1=C/O)C([C@@H](C)O)=C6C)[C@@H](C)[C@@H]5CCC(=O)OC/C=C(\C)CC/C=C(\C)CCC=C(C)C)CC(=O)C4=C3CC.